The molecule has 0 aliphatic carbocycles. The second-order valence-corrected chi connectivity index (χ2v) is 5.59. The van der Waals surface area contributed by atoms with Crippen molar-refractivity contribution < 1.29 is 4.39 Å². The van der Waals surface area contributed by atoms with Gasteiger partial charge in [0, 0.05) is 37.8 Å². The Bertz CT molecular complexity index is 204. The van der Waals surface area contributed by atoms with Crippen molar-refractivity contribution in [2.24, 2.45) is 0 Å². The lowest BCUT2D eigenvalue weighted by molar-refractivity contribution is 0.0232. The van der Waals surface area contributed by atoms with Gasteiger partial charge in [-0.3, -0.25) is 9.80 Å². The topological polar surface area (TPSA) is 6.48 Å². The lowest BCUT2D eigenvalue weighted by Crippen LogP contribution is -2.57. The quantitative estimate of drug-likeness (QED) is 0.732. The molecule has 2 unspecified atom stereocenters. The fourth-order valence-corrected chi connectivity index (χ4v) is 2.63. The summed E-state index contributed by atoms with van der Waals surface area (Å²) in [5.41, 5.74) is 0. The minimum absolute atomic E-state index is 0.385. The van der Waals surface area contributed by atoms with Crippen molar-refractivity contribution in [3.05, 3.63) is 0 Å². The first-order chi connectivity index (χ1) is 7.41. The van der Waals surface area contributed by atoms with E-state index in [1.807, 2.05) is 0 Å². The standard InChI is InChI=1S/C13H27FN2/c1-10(2)15-6-7-16(11(3)4)13(9-15)8-12(5)14/h10-13H,6-9H2,1-5H3. The molecule has 1 heterocycles. The van der Waals surface area contributed by atoms with E-state index in [1.54, 1.807) is 6.92 Å². The summed E-state index contributed by atoms with van der Waals surface area (Å²) < 4.78 is 13.2. The van der Waals surface area contributed by atoms with Crippen molar-refractivity contribution in [3.63, 3.8) is 0 Å². The highest BCUT2D eigenvalue weighted by molar-refractivity contribution is 4.86. The highest BCUT2D eigenvalue weighted by atomic mass is 19.1. The van der Waals surface area contributed by atoms with Crippen molar-refractivity contribution in [2.75, 3.05) is 19.6 Å². The summed E-state index contributed by atoms with van der Waals surface area (Å²) in [4.78, 5) is 4.92. The van der Waals surface area contributed by atoms with Crippen molar-refractivity contribution >= 4 is 0 Å². The van der Waals surface area contributed by atoms with E-state index in [0.717, 1.165) is 19.6 Å². The molecule has 2 nitrogen and oxygen atoms in total. The summed E-state index contributed by atoms with van der Waals surface area (Å²) in [5, 5.41) is 0. The SMILES string of the molecule is CC(F)CC1CN(C(C)C)CCN1C(C)C. The molecule has 0 aromatic heterocycles. The fourth-order valence-electron chi connectivity index (χ4n) is 2.63. The van der Waals surface area contributed by atoms with Crippen LogP contribution in [-0.4, -0.2) is 53.7 Å². The second kappa shape index (κ2) is 5.97. The van der Waals surface area contributed by atoms with Gasteiger partial charge in [0.05, 0.1) is 6.17 Å². The van der Waals surface area contributed by atoms with E-state index in [0.29, 0.717) is 24.5 Å². The molecule has 0 aromatic carbocycles. The smallest absolute Gasteiger partial charge is 0.0989 e. The molecule has 1 saturated heterocycles. The summed E-state index contributed by atoms with van der Waals surface area (Å²) in [7, 11) is 0. The Morgan fingerprint density at radius 1 is 1.06 bits per heavy atom. The molecule has 0 saturated carbocycles. The average Bonchev–Trinajstić information content (AvgIpc) is 2.15. The van der Waals surface area contributed by atoms with Gasteiger partial charge in [-0.15, -0.1) is 0 Å². The third-order valence-corrected chi connectivity index (χ3v) is 3.55. The van der Waals surface area contributed by atoms with Crippen molar-refractivity contribution in [1.82, 2.24) is 9.80 Å². The van der Waals surface area contributed by atoms with Crippen molar-refractivity contribution in [1.29, 1.82) is 0 Å². The first-order valence-corrected chi connectivity index (χ1v) is 6.55. The van der Waals surface area contributed by atoms with Crippen LogP contribution in [0.1, 0.15) is 41.0 Å². The van der Waals surface area contributed by atoms with Crippen LogP contribution < -0.4 is 0 Å². The summed E-state index contributed by atoms with van der Waals surface area (Å²) >= 11 is 0. The lowest BCUT2D eigenvalue weighted by atomic mass is 10.0. The number of hydrogen-bond donors (Lipinski definition) is 0. The maximum Gasteiger partial charge on any atom is 0.0989 e. The van der Waals surface area contributed by atoms with Crippen LogP contribution in [0.3, 0.4) is 0 Å². The molecule has 0 spiro atoms. The van der Waals surface area contributed by atoms with E-state index < -0.39 is 6.17 Å². The summed E-state index contributed by atoms with van der Waals surface area (Å²) in [6, 6.07) is 1.49. The van der Waals surface area contributed by atoms with Crippen molar-refractivity contribution in [3.8, 4) is 0 Å². The van der Waals surface area contributed by atoms with Crippen LogP contribution in [0.15, 0.2) is 0 Å². The number of alkyl halides is 1. The van der Waals surface area contributed by atoms with E-state index in [1.165, 1.54) is 0 Å². The molecule has 0 bridgehead atoms. The normalized spacial score (nSPS) is 26.6. The van der Waals surface area contributed by atoms with Crippen LogP contribution in [0.2, 0.25) is 0 Å². The molecule has 3 heteroatoms. The molecule has 0 amide bonds. The fraction of sp³-hybridized carbons (Fsp3) is 1.00. The van der Waals surface area contributed by atoms with Gasteiger partial charge in [0.2, 0.25) is 0 Å². The molecule has 1 rings (SSSR count). The summed E-state index contributed by atoms with van der Waals surface area (Å²) in [5.74, 6) is 0. The maximum absolute atomic E-state index is 13.2. The first kappa shape index (κ1) is 13.9. The monoisotopic (exact) mass is 230 g/mol. The van der Waals surface area contributed by atoms with Crippen LogP contribution in [0, 0.1) is 0 Å². The van der Waals surface area contributed by atoms with Crippen LogP contribution in [0.25, 0.3) is 0 Å². The van der Waals surface area contributed by atoms with Gasteiger partial charge in [-0.25, -0.2) is 4.39 Å². The van der Waals surface area contributed by atoms with E-state index in [9.17, 15) is 4.39 Å². The Hall–Kier alpha value is -0.150. The second-order valence-electron chi connectivity index (χ2n) is 5.59. The van der Waals surface area contributed by atoms with E-state index in [2.05, 4.69) is 37.5 Å². The largest absolute Gasteiger partial charge is 0.298 e. The minimum atomic E-state index is -0.696. The third-order valence-electron chi connectivity index (χ3n) is 3.55. The molecular formula is C13H27FN2. The molecule has 0 radical (unpaired) electrons. The Morgan fingerprint density at radius 2 is 1.69 bits per heavy atom. The zero-order chi connectivity index (χ0) is 12.3. The van der Waals surface area contributed by atoms with Crippen LogP contribution in [-0.2, 0) is 0 Å². The summed E-state index contributed by atoms with van der Waals surface area (Å²) in [6.07, 6.45) is -0.0279. The molecule has 1 fully saturated rings. The maximum atomic E-state index is 13.2. The Kier molecular flexibility index (Phi) is 5.19. The van der Waals surface area contributed by atoms with E-state index in [-0.39, 0.29) is 0 Å². The molecular weight excluding hydrogens is 203 g/mol. The number of halogens is 1. The van der Waals surface area contributed by atoms with Crippen LogP contribution in [0.5, 0.6) is 0 Å². The van der Waals surface area contributed by atoms with Crippen molar-refractivity contribution in [2.45, 2.75) is 65.3 Å². The van der Waals surface area contributed by atoms with Gasteiger partial charge < -0.3 is 0 Å². The zero-order valence-corrected chi connectivity index (χ0v) is 11.4. The summed E-state index contributed by atoms with van der Waals surface area (Å²) in [6.45, 7) is 13.8. The molecule has 0 aromatic rings. The molecule has 1 aliphatic rings. The Morgan fingerprint density at radius 3 is 2.12 bits per heavy atom. The Labute approximate surface area is 99.8 Å². The number of hydrogen-bond acceptors (Lipinski definition) is 2. The van der Waals surface area contributed by atoms with Gasteiger partial charge in [0.25, 0.3) is 0 Å². The zero-order valence-electron chi connectivity index (χ0n) is 11.4. The molecule has 0 N–H and O–H groups in total. The van der Waals surface area contributed by atoms with Gasteiger partial charge in [-0.05, 0) is 41.0 Å². The highest BCUT2D eigenvalue weighted by Crippen LogP contribution is 2.19. The highest BCUT2D eigenvalue weighted by Gasteiger charge is 2.30. The first-order valence-electron chi connectivity index (χ1n) is 6.55. The molecule has 16 heavy (non-hydrogen) atoms. The third kappa shape index (κ3) is 3.70. The van der Waals surface area contributed by atoms with Crippen LogP contribution >= 0.6 is 0 Å². The van der Waals surface area contributed by atoms with E-state index in [4.69, 9.17) is 0 Å². The predicted octanol–water partition coefficient (Wildman–Crippen LogP) is 2.54. The molecule has 1 aliphatic heterocycles. The average molecular weight is 230 g/mol. The number of piperazine rings is 1. The van der Waals surface area contributed by atoms with Gasteiger partial charge in [-0.1, -0.05) is 0 Å². The predicted molar refractivity (Wildman–Crippen MR) is 67.5 cm³/mol. The van der Waals surface area contributed by atoms with Gasteiger partial charge >= 0.3 is 0 Å². The van der Waals surface area contributed by atoms with Gasteiger partial charge in [-0.2, -0.15) is 0 Å². The molecule has 96 valence electrons. The molecule has 2 atom stereocenters. The van der Waals surface area contributed by atoms with E-state index >= 15 is 0 Å². The Balaban J connectivity index is 2.61. The van der Waals surface area contributed by atoms with Gasteiger partial charge in [0.15, 0.2) is 0 Å². The number of rotatable bonds is 4. The minimum Gasteiger partial charge on any atom is -0.298 e. The van der Waals surface area contributed by atoms with Gasteiger partial charge in [0.1, 0.15) is 0 Å². The lowest BCUT2D eigenvalue weighted by Gasteiger charge is -2.45. The number of nitrogens with zero attached hydrogens (tertiary/aromatic N) is 2. The van der Waals surface area contributed by atoms with Crippen LogP contribution in [0.4, 0.5) is 4.39 Å².